The third kappa shape index (κ3) is 3.28. The van der Waals surface area contributed by atoms with Gasteiger partial charge in [-0.15, -0.1) is 5.10 Å². The van der Waals surface area contributed by atoms with E-state index < -0.39 is 0 Å². The van der Waals surface area contributed by atoms with Crippen molar-refractivity contribution in [1.82, 2.24) is 14.6 Å². The van der Waals surface area contributed by atoms with E-state index in [0.29, 0.717) is 24.4 Å². The molecule has 130 valence electrons. The molecule has 4 rings (SSSR count). The van der Waals surface area contributed by atoms with E-state index in [-0.39, 0.29) is 5.78 Å². The smallest absolute Gasteiger partial charge is 0.246 e. The van der Waals surface area contributed by atoms with Gasteiger partial charge in [0.1, 0.15) is 11.6 Å². The van der Waals surface area contributed by atoms with E-state index in [4.69, 9.17) is 4.42 Å². The third-order valence-corrected chi connectivity index (χ3v) is 4.36. The second-order valence-corrected chi connectivity index (χ2v) is 6.54. The molecule has 0 radical (unpaired) electrons. The first-order chi connectivity index (χ1) is 12.6. The van der Waals surface area contributed by atoms with Crippen LogP contribution in [-0.2, 0) is 17.6 Å². The maximum absolute atomic E-state index is 12.3. The van der Waals surface area contributed by atoms with Gasteiger partial charge in [-0.2, -0.15) is 4.52 Å². The quantitative estimate of drug-likeness (QED) is 0.549. The Balaban J connectivity index is 1.46. The summed E-state index contributed by atoms with van der Waals surface area (Å²) >= 11 is 0. The molecule has 0 N–H and O–H groups in total. The molecule has 2 aromatic carbocycles. The summed E-state index contributed by atoms with van der Waals surface area (Å²) in [6.45, 7) is 3.91. The van der Waals surface area contributed by atoms with Crippen molar-refractivity contribution >= 4 is 11.5 Å². The summed E-state index contributed by atoms with van der Waals surface area (Å²) in [6, 6.07) is 15.9. The summed E-state index contributed by atoms with van der Waals surface area (Å²) in [5.41, 5.74) is 4.72. The van der Waals surface area contributed by atoms with Crippen LogP contribution in [-0.4, -0.2) is 20.4 Å². The topological polar surface area (TPSA) is 60.4 Å². The summed E-state index contributed by atoms with van der Waals surface area (Å²) < 4.78 is 7.38. The van der Waals surface area contributed by atoms with Gasteiger partial charge < -0.3 is 4.42 Å². The SMILES string of the molecule is Cc1cccc(CC(=O)Cc2ccc(-c3nn4c(C)ncc4o3)cc2)c1. The van der Waals surface area contributed by atoms with Gasteiger partial charge >= 0.3 is 0 Å². The Labute approximate surface area is 151 Å². The average molecular weight is 345 g/mol. The Kier molecular flexibility index (Phi) is 4.13. The van der Waals surface area contributed by atoms with E-state index in [1.54, 1.807) is 10.7 Å². The van der Waals surface area contributed by atoms with Crippen LogP contribution < -0.4 is 0 Å². The fourth-order valence-electron chi connectivity index (χ4n) is 3.04. The molecule has 0 atom stereocenters. The molecule has 0 amide bonds. The van der Waals surface area contributed by atoms with Crippen molar-refractivity contribution in [2.45, 2.75) is 26.7 Å². The summed E-state index contributed by atoms with van der Waals surface area (Å²) in [4.78, 5) is 16.5. The lowest BCUT2D eigenvalue weighted by Gasteiger charge is -2.04. The second kappa shape index (κ2) is 6.59. The van der Waals surface area contributed by atoms with Gasteiger partial charge in [0.05, 0.1) is 6.20 Å². The number of ketones is 1. The fraction of sp³-hybridized carbons (Fsp3) is 0.190. The molecular formula is C21H19N3O2. The summed E-state index contributed by atoms with van der Waals surface area (Å²) in [5.74, 6) is 1.53. The number of imidazole rings is 1. The van der Waals surface area contributed by atoms with Crippen molar-refractivity contribution in [3.05, 3.63) is 77.2 Å². The number of rotatable bonds is 5. The van der Waals surface area contributed by atoms with Crippen molar-refractivity contribution in [3.8, 4) is 11.5 Å². The van der Waals surface area contributed by atoms with Gasteiger partial charge in [0, 0.05) is 18.4 Å². The molecule has 0 saturated heterocycles. The van der Waals surface area contributed by atoms with E-state index in [1.807, 2.05) is 56.3 Å². The van der Waals surface area contributed by atoms with Gasteiger partial charge in [0.25, 0.3) is 0 Å². The van der Waals surface area contributed by atoms with Crippen LogP contribution in [0.2, 0.25) is 0 Å². The van der Waals surface area contributed by atoms with Gasteiger partial charge in [0.15, 0.2) is 0 Å². The van der Waals surface area contributed by atoms with Crippen molar-refractivity contribution in [3.63, 3.8) is 0 Å². The summed E-state index contributed by atoms with van der Waals surface area (Å²) in [5, 5.41) is 4.42. The molecule has 0 fully saturated rings. The van der Waals surface area contributed by atoms with Crippen LogP contribution in [0.25, 0.3) is 17.2 Å². The van der Waals surface area contributed by atoms with Crippen LogP contribution in [0, 0.1) is 13.8 Å². The number of carbonyl (C=O) groups is 1. The van der Waals surface area contributed by atoms with Crippen molar-refractivity contribution in [1.29, 1.82) is 0 Å². The number of fused-ring (bicyclic) bond motifs is 1. The van der Waals surface area contributed by atoms with Crippen LogP contribution in [0.1, 0.15) is 22.5 Å². The lowest BCUT2D eigenvalue weighted by atomic mass is 10.0. The van der Waals surface area contributed by atoms with Crippen LogP contribution in [0.15, 0.2) is 59.1 Å². The van der Waals surface area contributed by atoms with Gasteiger partial charge in [-0.25, -0.2) is 4.98 Å². The molecule has 0 aliphatic heterocycles. The normalized spacial score (nSPS) is 11.2. The predicted octanol–water partition coefficient (Wildman–Crippen LogP) is 3.96. The molecule has 0 spiro atoms. The Morgan fingerprint density at radius 1 is 1.04 bits per heavy atom. The maximum atomic E-state index is 12.3. The zero-order chi connectivity index (χ0) is 18.1. The van der Waals surface area contributed by atoms with E-state index in [2.05, 4.69) is 16.1 Å². The minimum atomic E-state index is 0.204. The number of aromatic nitrogens is 3. The van der Waals surface area contributed by atoms with Crippen LogP contribution in [0.4, 0.5) is 0 Å². The Morgan fingerprint density at radius 2 is 1.81 bits per heavy atom. The standard InChI is InChI=1S/C21H19N3O2/c1-14-4-3-5-17(10-14)12-19(25)11-16-6-8-18(9-7-16)21-23-24-15(2)22-13-20(24)26-21/h3-10,13H,11-12H2,1-2H3. The number of carbonyl (C=O) groups excluding carboxylic acids is 1. The van der Waals surface area contributed by atoms with Gasteiger partial charge in [-0.05, 0) is 37.1 Å². The van der Waals surface area contributed by atoms with Crippen LogP contribution >= 0.6 is 0 Å². The largest absolute Gasteiger partial charge is 0.417 e. The highest BCUT2D eigenvalue weighted by Gasteiger charge is 2.11. The first kappa shape index (κ1) is 16.3. The molecule has 4 aromatic rings. The number of hydrogen-bond acceptors (Lipinski definition) is 4. The zero-order valence-electron chi connectivity index (χ0n) is 14.8. The maximum Gasteiger partial charge on any atom is 0.246 e. The first-order valence-electron chi connectivity index (χ1n) is 8.56. The molecule has 5 heteroatoms. The first-order valence-corrected chi connectivity index (χ1v) is 8.56. The number of nitrogens with zero attached hydrogens (tertiary/aromatic N) is 3. The summed E-state index contributed by atoms with van der Waals surface area (Å²) in [6.07, 6.45) is 2.54. The molecule has 2 aromatic heterocycles. The van der Waals surface area contributed by atoms with Gasteiger partial charge in [0.2, 0.25) is 11.6 Å². The molecule has 0 bridgehead atoms. The molecule has 0 saturated carbocycles. The van der Waals surface area contributed by atoms with Crippen molar-refractivity contribution in [2.75, 3.05) is 0 Å². The minimum absolute atomic E-state index is 0.204. The number of aryl methyl sites for hydroxylation is 2. The van der Waals surface area contributed by atoms with E-state index in [0.717, 1.165) is 22.5 Å². The second-order valence-electron chi connectivity index (χ2n) is 6.54. The molecular weight excluding hydrogens is 326 g/mol. The fourth-order valence-corrected chi connectivity index (χ4v) is 3.04. The highest BCUT2D eigenvalue weighted by Crippen LogP contribution is 2.21. The average Bonchev–Trinajstić information content (AvgIpc) is 3.18. The predicted molar refractivity (Wildman–Crippen MR) is 99.0 cm³/mol. The summed E-state index contributed by atoms with van der Waals surface area (Å²) in [7, 11) is 0. The van der Waals surface area contributed by atoms with E-state index >= 15 is 0 Å². The molecule has 5 nitrogen and oxygen atoms in total. The van der Waals surface area contributed by atoms with Crippen molar-refractivity contribution < 1.29 is 9.21 Å². The lowest BCUT2D eigenvalue weighted by molar-refractivity contribution is -0.117. The van der Waals surface area contributed by atoms with E-state index in [9.17, 15) is 4.79 Å². The molecule has 0 aliphatic carbocycles. The molecule has 2 heterocycles. The Morgan fingerprint density at radius 3 is 2.54 bits per heavy atom. The van der Waals surface area contributed by atoms with E-state index in [1.165, 1.54) is 5.56 Å². The number of benzene rings is 2. The Hall–Kier alpha value is -3.21. The highest BCUT2D eigenvalue weighted by molar-refractivity contribution is 5.83. The van der Waals surface area contributed by atoms with Crippen LogP contribution in [0.3, 0.4) is 0 Å². The number of Topliss-reactive ketones (excluding diaryl/α,β-unsaturated/α-hetero) is 1. The lowest BCUT2D eigenvalue weighted by Crippen LogP contribution is -2.06. The molecule has 0 unspecified atom stereocenters. The van der Waals surface area contributed by atoms with Gasteiger partial charge in [-0.1, -0.05) is 42.0 Å². The minimum Gasteiger partial charge on any atom is -0.417 e. The van der Waals surface area contributed by atoms with Gasteiger partial charge in [-0.3, -0.25) is 4.79 Å². The monoisotopic (exact) mass is 345 g/mol. The van der Waals surface area contributed by atoms with Crippen molar-refractivity contribution in [2.24, 2.45) is 0 Å². The zero-order valence-corrected chi connectivity index (χ0v) is 14.8. The molecule has 0 aliphatic rings. The Bertz CT molecular complexity index is 1070. The third-order valence-electron chi connectivity index (χ3n) is 4.36. The van der Waals surface area contributed by atoms with Crippen LogP contribution in [0.5, 0.6) is 0 Å². The number of hydrogen-bond donors (Lipinski definition) is 0. The molecule has 26 heavy (non-hydrogen) atoms. The highest BCUT2D eigenvalue weighted by atomic mass is 16.4.